The molecule has 2 rings (SSSR count). The van der Waals surface area contributed by atoms with Gasteiger partial charge in [-0.2, -0.15) is 4.37 Å². The summed E-state index contributed by atoms with van der Waals surface area (Å²) in [5.74, 6) is 0.882. The first-order valence-corrected chi connectivity index (χ1v) is 9.50. The Bertz CT molecular complexity index is 568. The fourth-order valence-corrected chi connectivity index (χ4v) is 5.22. The third kappa shape index (κ3) is 2.93. The van der Waals surface area contributed by atoms with Crippen LogP contribution in [0.15, 0.2) is 4.90 Å². The summed E-state index contributed by atoms with van der Waals surface area (Å²) in [6.07, 6.45) is 4.65. The molecule has 2 atom stereocenters. The van der Waals surface area contributed by atoms with Gasteiger partial charge in [-0.3, -0.25) is 0 Å². The molecule has 20 heavy (non-hydrogen) atoms. The van der Waals surface area contributed by atoms with Crippen LogP contribution in [0.25, 0.3) is 0 Å². The molecular weight excluding hydrogens is 294 g/mol. The van der Waals surface area contributed by atoms with Crippen LogP contribution in [0.3, 0.4) is 0 Å². The fraction of sp³-hybridized carbons (Fsp3) is 0.769. The number of nitrogens with two attached hydrogens (primary N) is 1. The van der Waals surface area contributed by atoms with E-state index in [9.17, 15) is 8.42 Å². The first kappa shape index (κ1) is 15.6. The lowest BCUT2D eigenvalue weighted by Gasteiger charge is -2.34. The maximum absolute atomic E-state index is 12.2. The SMILES string of the molecule is CCS(=O)(=O)c1c(N)nsc1N(C)C1CCCC(C)C1. The van der Waals surface area contributed by atoms with Crippen molar-refractivity contribution < 1.29 is 8.42 Å². The molecule has 2 N–H and O–H groups in total. The summed E-state index contributed by atoms with van der Waals surface area (Å²) in [5, 5.41) is 0.698. The molecule has 1 heterocycles. The van der Waals surface area contributed by atoms with E-state index in [2.05, 4.69) is 16.2 Å². The number of anilines is 2. The van der Waals surface area contributed by atoms with Crippen LogP contribution in [0, 0.1) is 5.92 Å². The van der Waals surface area contributed by atoms with Crippen molar-refractivity contribution in [1.29, 1.82) is 0 Å². The summed E-state index contributed by atoms with van der Waals surface area (Å²) in [6, 6.07) is 0.379. The van der Waals surface area contributed by atoms with Crippen LogP contribution >= 0.6 is 11.5 Å². The van der Waals surface area contributed by atoms with E-state index in [1.807, 2.05) is 7.05 Å². The molecule has 7 heteroatoms. The molecule has 0 radical (unpaired) electrons. The second-order valence-corrected chi connectivity index (χ2v) is 8.61. The summed E-state index contributed by atoms with van der Waals surface area (Å²) >= 11 is 1.19. The van der Waals surface area contributed by atoms with Gasteiger partial charge in [-0.1, -0.05) is 26.7 Å². The highest BCUT2D eigenvalue weighted by Gasteiger charge is 2.30. The number of nitrogens with zero attached hydrogens (tertiary/aromatic N) is 2. The molecule has 5 nitrogen and oxygen atoms in total. The molecule has 0 aromatic carbocycles. The monoisotopic (exact) mass is 317 g/mol. The first-order chi connectivity index (χ1) is 9.36. The summed E-state index contributed by atoms with van der Waals surface area (Å²) in [4.78, 5) is 2.30. The highest BCUT2D eigenvalue weighted by molar-refractivity contribution is 7.91. The van der Waals surface area contributed by atoms with E-state index in [1.165, 1.54) is 24.4 Å². The van der Waals surface area contributed by atoms with Gasteiger partial charge in [0.25, 0.3) is 0 Å². The van der Waals surface area contributed by atoms with Crippen LogP contribution in [0.4, 0.5) is 10.8 Å². The molecule has 114 valence electrons. The lowest BCUT2D eigenvalue weighted by Crippen LogP contribution is -2.35. The maximum atomic E-state index is 12.2. The second kappa shape index (κ2) is 5.89. The molecule has 0 bridgehead atoms. The normalized spacial score (nSPS) is 23.8. The molecule has 1 aromatic heterocycles. The molecule has 0 spiro atoms. The molecule has 1 aliphatic rings. The second-order valence-electron chi connectivity index (χ2n) is 5.64. The highest BCUT2D eigenvalue weighted by atomic mass is 32.2. The zero-order valence-electron chi connectivity index (χ0n) is 12.3. The van der Waals surface area contributed by atoms with Crippen molar-refractivity contribution in [2.24, 2.45) is 5.92 Å². The number of hydrogen-bond donors (Lipinski definition) is 1. The smallest absolute Gasteiger partial charge is 0.184 e. The van der Waals surface area contributed by atoms with Crippen molar-refractivity contribution in [2.75, 3.05) is 23.4 Å². The van der Waals surface area contributed by atoms with Gasteiger partial charge in [-0.15, -0.1) is 0 Å². The third-order valence-corrected chi connectivity index (χ3v) is 6.99. The summed E-state index contributed by atoms with van der Waals surface area (Å²) in [5.41, 5.74) is 5.79. The minimum absolute atomic E-state index is 0.0531. The van der Waals surface area contributed by atoms with Crippen molar-refractivity contribution in [3.8, 4) is 0 Å². The average Bonchev–Trinajstić information content (AvgIpc) is 2.80. The Morgan fingerprint density at radius 2 is 2.15 bits per heavy atom. The van der Waals surface area contributed by atoms with Gasteiger partial charge in [0, 0.05) is 13.1 Å². The Morgan fingerprint density at radius 3 is 2.75 bits per heavy atom. The third-order valence-electron chi connectivity index (χ3n) is 4.13. The Morgan fingerprint density at radius 1 is 1.45 bits per heavy atom. The molecule has 0 saturated heterocycles. The standard InChI is InChI=1S/C13H23N3O2S2/c1-4-20(17,18)11-12(14)15-19-13(11)16(3)10-7-5-6-9(2)8-10/h9-10H,4-8H2,1-3H3,(H2,14,15). The molecular formula is C13H23N3O2S2. The van der Waals surface area contributed by atoms with Crippen molar-refractivity contribution in [3.63, 3.8) is 0 Å². The van der Waals surface area contributed by atoms with E-state index in [4.69, 9.17) is 5.73 Å². The fourth-order valence-electron chi connectivity index (χ4n) is 2.87. The van der Waals surface area contributed by atoms with Crippen molar-refractivity contribution in [1.82, 2.24) is 4.37 Å². The molecule has 0 amide bonds. The number of sulfone groups is 1. The zero-order chi connectivity index (χ0) is 14.9. The van der Waals surface area contributed by atoms with Gasteiger partial charge in [-0.05, 0) is 30.3 Å². The predicted molar refractivity (Wildman–Crippen MR) is 84.1 cm³/mol. The largest absolute Gasteiger partial charge is 0.382 e. The van der Waals surface area contributed by atoms with Crippen molar-refractivity contribution >= 4 is 32.2 Å². The summed E-state index contributed by atoms with van der Waals surface area (Å²) in [6.45, 7) is 3.89. The van der Waals surface area contributed by atoms with E-state index in [0.29, 0.717) is 17.0 Å². The minimum atomic E-state index is -3.33. The van der Waals surface area contributed by atoms with Gasteiger partial charge in [0.15, 0.2) is 15.7 Å². The van der Waals surface area contributed by atoms with Crippen molar-refractivity contribution in [2.45, 2.75) is 50.5 Å². The van der Waals surface area contributed by atoms with E-state index in [1.54, 1.807) is 6.92 Å². The maximum Gasteiger partial charge on any atom is 0.184 e. The summed E-state index contributed by atoms with van der Waals surface area (Å²) < 4.78 is 28.5. The van der Waals surface area contributed by atoms with Crippen molar-refractivity contribution in [3.05, 3.63) is 0 Å². The average molecular weight is 317 g/mol. The summed E-state index contributed by atoms with van der Waals surface area (Å²) in [7, 11) is -1.37. The van der Waals surface area contributed by atoms with Crippen LogP contribution in [0.1, 0.15) is 39.5 Å². The minimum Gasteiger partial charge on any atom is -0.382 e. The topological polar surface area (TPSA) is 76.3 Å². The number of rotatable bonds is 4. The lowest BCUT2D eigenvalue weighted by molar-refractivity contribution is 0.336. The van der Waals surface area contributed by atoms with Crippen LogP contribution in [0.2, 0.25) is 0 Å². The quantitative estimate of drug-likeness (QED) is 0.923. The van der Waals surface area contributed by atoms with E-state index >= 15 is 0 Å². The van der Waals surface area contributed by atoms with E-state index in [-0.39, 0.29) is 16.5 Å². The Kier molecular flexibility index (Phi) is 4.59. The first-order valence-electron chi connectivity index (χ1n) is 7.07. The molecule has 2 unspecified atom stereocenters. The van der Waals surface area contributed by atoms with E-state index in [0.717, 1.165) is 12.8 Å². The van der Waals surface area contributed by atoms with Crippen LogP contribution in [0.5, 0.6) is 0 Å². The number of aromatic nitrogens is 1. The van der Waals surface area contributed by atoms with Crippen LogP contribution in [-0.4, -0.2) is 31.6 Å². The van der Waals surface area contributed by atoms with Crippen LogP contribution < -0.4 is 10.6 Å². The van der Waals surface area contributed by atoms with Gasteiger partial charge in [-0.25, -0.2) is 8.42 Å². The highest BCUT2D eigenvalue weighted by Crippen LogP contribution is 2.38. The molecule has 0 aliphatic heterocycles. The number of hydrogen-bond acceptors (Lipinski definition) is 6. The Labute approximate surface area is 125 Å². The van der Waals surface area contributed by atoms with Gasteiger partial charge in [0.1, 0.15) is 9.90 Å². The molecule has 1 saturated carbocycles. The zero-order valence-corrected chi connectivity index (χ0v) is 13.9. The van der Waals surface area contributed by atoms with E-state index < -0.39 is 9.84 Å². The Balaban J connectivity index is 2.33. The lowest BCUT2D eigenvalue weighted by atomic mass is 9.86. The Hall–Kier alpha value is -0.820. The van der Waals surface area contributed by atoms with Gasteiger partial charge >= 0.3 is 0 Å². The van der Waals surface area contributed by atoms with Gasteiger partial charge in [0.05, 0.1) is 5.75 Å². The van der Waals surface area contributed by atoms with Gasteiger partial charge < -0.3 is 10.6 Å². The molecule has 1 aliphatic carbocycles. The van der Waals surface area contributed by atoms with Gasteiger partial charge in [0.2, 0.25) is 0 Å². The predicted octanol–water partition coefficient (Wildman–Crippen LogP) is 2.53. The molecule has 1 aromatic rings. The molecule has 1 fully saturated rings. The number of nitrogen functional groups attached to an aromatic ring is 1. The van der Waals surface area contributed by atoms with Crippen LogP contribution in [-0.2, 0) is 9.84 Å².